The Labute approximate surface area is 86.7 Å². The highest BCUT2D eigenvalue weighted by molar-refractivity contribution is 7.91. The van der Waals surface area contributed by atoms with Crippen LogP contribution >= 0.6 is 0 Å². The number of rotatable bonds is 3. The van der Waals surface area contributed by atoms with E-state index in [2.05, 4.69) is 4.98 Å². The van der Waals surface area contributed by atoms with Crippen LogP contribution < -0.4 is 5.32 Å². The first-order valence-corrected chi connectivity index (χ1v) is 5.77. The van der Waals surface area contributed by atoms with Gasteiger partial charge in [0.2, 0.25) is 0 Å². The summed E-state index contributed by atoms with van der Waals surface area (Å²) in [7, 11) is -2.00. The zero-order valence-corrected chi connectivity index (χ0v) is 9.08. The number of anilines is 1. The summed E-state index contributed by atoms with van der Waals surface area (Å²) in [6, 6.07) is 0. The molecule has 1 heterocycles. The molecule has 0 aliphatic carbocycles. The Bertz CT molecular complexity index is 476. The summed E-state index contributed by atoms with van der Waals surface area (Å²) in [4.78, 5) is 14.1. The van der Waals surface area contributed by atoms with E-state index in [1.165, 1.54) is 24.9 Å². The van der Waals surface area contributed by atoms with E-state index >= 15 is 0 Å². The number of imidazole rings is 1. The molecule has 1 rings (SSSR count). The van der Waals surface area contributed by atoms with Crippen LogP contribution in [0, 0.1) is 0 Å². The van der Waals surface area contributed by atoms with Crippen molar-refractivity contribution < 1.29 is 18.3 Å². The second-order valence-corrected chi connectivity index (χ2v) is 5.04. The minimum absolute atomic E-state index is 0.110. The zero-order chi connectivity index (χ0) is 11.6. The number of amides is 1. The Morgan fingerprint density at radius 1 is 1.67 bits per heavy atom. The standard InChI is InChI=1S/C7H11N3O4S/c1-3-15(13,14)6-5(9-7(11)12)8-4-10(6)2/h4,9H,3H2,1-2H3,(H,11,12). The molecule has 0 aromatic carbocycles. The third kappa shape index (κ3) is 2.27. The molecule has 8 heteroatoms. The Morgan fingerprint density at radius 3 is 2.73 bits per heavy atom. The van der Waals surface area contributed by atoms with E-state index in [-0.39, 0.29) is 16.6 Å². The molecule has 0 aliphatic rings. The van der Waals surface area contributed by atoms with Gasteiger partial charge >= 0.3 is 6.09 Å². The predicted molar refractivity (Wildman–Crippen MR) is 52.6 cm³/mol. The molecule has 84 valence electrons. The monoisotopic (exact) mass is 233 g/mol. The fourth-order valence-corrected chi connectivity index (χ4v) is 2.27. The molecular formula is C7H11N3O4S. The Morgan fingerprint density at radius 2 is 2.27 bits per heavy atom. The normalized spacial score (nSPS) is 11.3. The average molecular weight is 233 g/mol. The quantitative estimate of drug-likeness (QED) is 0.782. The van der Waals surface area contributed by atoms with Crippen LogP contribution in [0.25, 0.3) is 0 Å². The number of carboxylic acid groups (broad SMARTS) is 1. The van der Waals surface area contributed by atoms with Crippen molar-refractivity contribution in [1.82, 2.24) is 9.55 Å². The van der Waals surface area contributed by atoms with Crippen molar-refractivity contribution in [1.29, 1.82) is 0 Å². The van der Waals surface area contributed by atoms with Crippen LogP contribution in [-0.4, -0.2) is 34.9 Å². The lowest BCUT2D eigenvalue weighted by molar-refractivity contribution is 0.209. The maximum Gasteiger partial charge on any atom is 0.410 e. The fourth-order valence-electron chi connectivity index (χ4n) is 1.11. The molecule has 1 aromatic heterocycles. The molecule has 0 bridgehead atoms. The fraction of sp³-hybridized carbons (Fsp3) is 0.429. The SMILES string of the molecule is CCS(=O)(=O)c1c(NC(=O)O)ncn1C. The third-order valence-corrected chi connectivity index (χ3v) is 3.61. The van der Waals surface area contributed by atoms with Gasteiger partial charge in [-0.05, 0) is 0 Å². The van der Waals surface area contributed by atoms with Crippen molar-refractivity contribution in [2.24, 2.45) is 7.05 Å². The van der Waals surface area contributed by atoms with Gasteiger partial charge in [-0.1, -0.05) is 6.92 Å². The van der Waals surface area contributed by atoms with Gasteiger partial charge in [0, 0.05) is 7.05 Å². The summed E-state index contributed by atoms with van der Waals surface area (Å²) in [5.74, 6) is -0.271. The van der Waals surface area contributed by atoms with Gasteiger partial charge in [0.25, 0.3) is 0 Å². The zero-order valence-electron chi connectivity index (χ0n) is 8.26. The lowest BCUT2D eigenvalue weighted by Crippen LogP contribution is -2.15. The molecule has 1 amide bonds. The van der Waals surface area contributed by atoms with Crippen LogP contribution in [-0.2, 0) is 16.9 Å². The Hall–Kier alpha value is -1.57. The van der Waals surface area contributed by atoms with Gasteiger partial charge in [-0.3, -0.25) is 5.32 Å². The maximum atomic E-state index is 11.6. The number of nitrogens with one attached hydrogen (secondary N) is 1. The summed E-state index contributed by atoms with van der Waals surface area (Å²) in [5, 5.41) is 10.3. The molecule has 0 saturated heterocycles. The molecular weight excluding hydrogens is 222 g/mol. The van der Waals surface area contributed by atoms with E-state index in [1.54, 1.807) is 0 Å². The molecule has 0 saturated carbocycles. The van der Waals surface area contributed by atoms with Gasteiger partial charge in [-0.25, -0.2) is 18.2 Å². The summed E-state index contributed by atoms with van der Waals surface area (Å²) in [5.41, 5.74) is 0. The molecule has 7 nitrogen and oxygen atoms in total. The minimum Gasteiger partial charge on any atom is -0.465 e. The number of hydrogen-bond donors (Lipinski definition) is 2. The number of sulfone groups is 1. The summed E-state index contributed by atoms with van der Waals surface area (Å²) < 4.78 is 24.5. The van der Waals surface area contributed by atoms with Gasteiger partial charge in [-0.2, -0.15) is 0 Å². The number of aromatic nitrogens is 2. The molecule has 2 N–H and O–H groups in total. The summed E-state index contributed by atoms with van der Waals surface area (Å²) in [6.45, 7) is 1.48. The maximum absolute atomic E-state index is 11.6. The summed E-state index contributed by atoms with van der Waals surface area (Å²) in [6.07, 6.45) is -0.102. The van der Waals surface area contributed by atoms with Crippen LogP contribution in [0.4, 0.5) is 10.6 Å². The van der Waals surface area contributed by atoms with Gasteiger partial charge in [0.1, 0.15) is 0 Å². The van der Waals surface area contributed by atoms with Crippen molar-refractivity contribution in [3.8, 4) is 0 Å². The van der Waals surface area contributed by atoms with Gasteiger partial charge in [0.15, 0.2) is 20.7 Å². The van der Waals surface area contributed by atoms with Crippen molar-refractivity contribution >= 4 is 21.7 Å². The molecule has 0 spiro atoms. The van der Waals surface area contributed by atoms with E-state index < -0.39 is 15.9 Å². The van der Waals surface area contributed by atoms with Crippen LogP contribution in [0.1, 0.15) is 6.92 Å². The number of nitrogens with zero attached hydrogens (tertiary/aromatic N) is 2. The van der Waals surface area contributed by atoms with Gasteiger partial charge < -0.3 is 9.67 Å². The third-order valence-electron chi connectivity index (χ3n) is 1.78. The van der Waals surface area contributed by atoms with E-state index in [4.69, 9.17) is 5.11 Å². The highest BCUT2D eigenvalue weighted by Crippen LogP contribution is 2.19. The van der Waals surface area contributed by atoms with Gasteiger partial charge in [-0.15, -0.1) is 0 Å². The first-order chi connectivity index (χ1) is 6.88. The van der Waals surface area contributed by atoms with Crippen molar-refractivity contribution in [2.75, 3.05) is 11.1 Å². The van der Waals surface area contributed by atoms with Crippen LogP contribution in [0.3, 0.4) is 0 Å². The molecule has 0 unspecified atom stereocenters. The Balaban J connectivity index is 3.27. The van der Waals surface area contributed by atoms with Crippen LogP contribution in [0.2, 0.25) is 0 Å². The van der Waals surface area contributed by atoms with Crippen LogP contribution in [0.5, 0.6) is 0 Å². The van der Waals surface area contributed by atoms with Crippen LogP contribution in [0.15, 0.2) is 11.4 Å². The number of hydrogen-bond acceptors (Lipinski definition) is 4. The van der Waals surface area contributed by atoms with Crippen molar-refractivity contribution in [3.63, 3.8) is 0 Å². The van der Waals surface area contributed by atoms with E-state index in [9.17, 15) is 13.2 Å². The van der Waals surface area contributed by atoms with Crippen molar-refractivity contribution in [3.05, 3.63) is 6.33 Å². The first kappa shape index (κ1) is 11.5. The van der Waals surface area contributed by atoms with E-state index in [0.717, 1.165) is 0 Å². The second kappa shape index (κ2) is 3.89. The molecule has 0 aliphatic heterocycles. The lowest BCUT2D eigenvalue weighted by atomic mass is 10.7. The molecule has 0 atom stereocenters. The highest BCUT2D eigenvalue weighted by Gasteiger charge is 2.22. The first-order valence-electron chi connectivity index (χ1n) is 4.12. The topological polar surface area (TPSA) is 101 Å². The van der Waals surface area contributed by atoms with E-state index in [1.807, 2.05) is 5.32 Å². The van der Waals surface area contributed by atoms with E-state index in [0.29, 0.717) is 0 Å². The molecule has 1 aromatic rings. The Kier molecular flexibility index (Phi) is 2.98. The largest absolute Gasteiger partial charge is 0.465 e. The molecule has 0 fully saturated rings. The molecule has 15 heavy (non-hydrogen) atoms. The highest BCUT2D eigenvalue weighted by atomic mass is 32.2. The smallest absolute Gasteiger partial charge is 0.410 e. The second-order valence-electron chi connectivity index (χ2n) is 2.84. The van der Waals surface area contributed by atoms with Gasteiger partial charge in [0.05, 0.1) is 12.1 Å². The average Bonchev–Trinajstić information content (AvgIpc) is 2.46. The minimum atomic E-state index is -3.49. The summed E-state index contributed by atoms with van der Waals surface area (Å²) >= 11 is 0. The lowest BCUT2D eigenvalue weighted by Gasteiger charge is -2.04. The molecule has 0 radical (unpaired) electrons. The number of carbonyl (C=O) groups is 1. The predicted octanol–water partition coefficient (Wildman–Crippen LogP) is 0.304. The van der Waals surface area contributed by atoms with Crippen molar-refractivity contribution in [2.45, 2.75) is 11.9 Å². The number of aryl methyl sites for hydroxylation is 1.